The zero-order chi connectivity index (χ0) is 10.4. The zero-order valence-electron chi connectivity index (χ0n) is 7.40. The molecule has 0 aliphatic heterocycles. The molecular formula is C6H11ClN4O2S. The van der Waals surface area contributed by atoms with Crippen molar-refractivity contribution >= 4 is 21.6 Å². The van der Waals surface area contributed by atoms with Crippen LogP contribution in [0.2, 0.25) is 0 Å². The van der Waals surface area contributed by atoms with E-state index in [-0.39, 0.29) is 11.6 Å². The highest BCUT2D eigenvalue weighted by molar-refractivity contribution is 7.89. The minimum atomic E-state index is -3.23. The Morgan fingerprint density at radius 3 is 2.93 bits per heavy atom. The van der Waals surface area contributed by atoms with Crippen molar-refractivity contribution in [1.82, 2.24) is 19.9 Å². The number of aromatic nitrogens is 3. The molecule has 2 N–H and O–H groups in total. The van der Waals surface area contributed by atoms with E-state index >= 15 is 0 Å². The first kappa shape index (κ1) is 11.4. The van der Waals surface area contributed by atoms with E-state index < -0.39 is 10.0 Å². The van der Waals surface area contributed by atoms with E-state index in [1.54, 1.807) is 0 Å². The largest absolute Gasteiger partial charge is 0.263 e. The maximum Gasteiger partial charge on any atom is 0.212 e. The molecule has 0 saturated heterocycles. The molecule has 0 fully saturated rings. The second-order valence-corrected chi connectivity index (χ2v) is 4.89. The SMILES string of the molecule is O=S(=O)(CCCl)NCCc1ncn[nH]1. The van der Waals surface area contributed by atoms with Gasteiger partial charge in [-0.2, -0.15) is 5.10 Å². The van der Waals surface area contributed by atoms with E-state index in [1.165, 1.54) is 6.33 Å². The Kier molecular flexibility index (Phi) is 4.30. The summed E-state index contributed by atoms with van der Waals surface area (Å²) < 4.78 is 24.6. The van der Waals surface area contributed by atoms with Crippen molar-refractivity contribution in [3.8, 4) is 0 Å². The van der Waals surface area contributed by atoms with Crippen LogP contribution in [0.25, 0.3) is 0 Å². The second-order valence-electron chi connectivity index (χ2n) is 2.58. The minimum Gasteiger partial charge on any atom is -0.263 e. The van der Waals surface area contributed by atoms with Gasteiger partial charge in [0.2, 0.25) is 10.0 Å². The van der Waals surface area contributed by atoms with E-state index in [2.05, 4.69) is 19.9 Å². The molecule has 1 aromatic rings. The van der Waals surface area contributed by atoms with Gasteiger partial charge in [-0.05, 0) is 0 Å². The maximum atomic E-state index is 11.1. The van der Waals surface area contributed by atoms with Gasteiger partial charge in [-0.3, -0.25) is 5.10 Å². The summed E-state index contributed by atoms with van der Waals surface area (Å²) >= 11 is 5.32. The van der Waals surface area contributed by atoms with E-state index in [0.29, 0.717) is 18.8 Å². The van der Waals surface area contributed by atoms with Crippen LogP contribution in [0, 0.1) is 0 Å². The van der Waals surface area contributed by atoms with Crippen molar-refractivity contribution in [1.29, 1.82) is 0 Å². The number of hydrogen-bond donors (Lipinski definition) is 2. The average molecular weight is 239 g/mol. The average Bonchev–Trinajstić information content (AvgIpc) is 2.56. The van der Waals surface area contributed by atoms with Crippen LogP contribution in [0.3, 0.4) is 0 Å². The molecule has 6 nitrogen and oxygen atoms in total. The second kappa shape index (κ2) is 5.28. The van der Waals surface area contributed by atoms with Gasteiger partial charge in [0.1, 0.15) is 12.2 Å². The third-order valence-corrected chi connectivity index (χ3v) is 3.29. The summed E-state index contributed by atoms with van der Waals surface area (Å²) in [6.45, 7) is 0.300. The van der Waals surface area contributed by atoms with E-state index in [4.69, 9.17) is 11.6 Å². The lowest BCUT2D eigenvalue weighted by molar-refractivity contribution is 0.582. The van der Waals surface area contributed by atoms with Gasteiger partial charge in [0.05, 0.1) is 5.75 Å². The molecule has 1 aromatic heterocycles. The van der Waals surface area contributed by atoms with Crippen LogP contribution in [0.1, 0.15) is 5.82 Å². The Hall–Kier alpha value is -0.660. The molecule has 8 heteroatoms. The molecule has 1 heterocycles. The van der Waals surface area contributed by atoms with Gasteiger partial charge >= 0.3 is 0 Å². The van der Waals surface area contributed by atoms with Gasteiger partial charge in [0.15, 0.2) is 0 Å². The number of nitrogens with zero attached hydrogens (tertiary/aromatic N) is 2. The minimum absolute atomic E-state index is 0.0645. The van der Waals surface area contributed by atoms with Crippen molar-refractivity contribution in [3.63, 3.8) is 0 Å². The van der Waals surface area contributed by atoms with Gasteiger partial charge in [-0.15, -0.1) is 11.6 Å². The number of hydrogen-bond acceptors (Lipinski definition) is 4. The lowest BCUT2D eigenvalue weighted by Crippen LogP contribution is -2.29. The quantitative estimate of drug-likeness (QED) is 0.655. The first-order valence-electron chi connectivity index (χ1n) is 4.01. The molecule has 80 valence electrons. The summed E-state index contributed by atoms with van der Waals surface area (Å²) in [5, 5.41) is 6.27. The fourth-order valence-corrected chi connectivity index (χ4v) is 2.22. The van der Waals surface area contributed by atoms with Gasteiger partial charge in [-0.1, -0.05) is 0 Å². The third kappa shape index (κ3) is 4.03. The predicted octanol–water partition coefficient (Wildman–Crippen LogP) is -0.495. The molecule has 0 aliphatic carbocycles. The number of rotatable bonds is 6. The molecular weight excluding hydrogens is 228 g/mol. The maximum absolute atomic E-state index is 11.1. The molecule has 0 saturated carbocycles. The highest BCUT2D eigenvalue weighted by Crippen LogP contribution is 1.89. The first-order chi connectivity index (χ1) is 6.64. The topological polar surface area (TPSA) is 87.7 Å². The molecule has 0 aromatic carbocycles. The summed E-state index contributed by atoms with van der Waals surface area (Å²) in [6, 6.07) is 0. The number of H-pyrrole nitrogens is 1. The van der Waals surface area contributed by atoms with Gasteiger partial charge in [-0.25, -0.2) is 18.1 Å². The van der Waals surface area contributed by atoms with Crippen LogP contribution in [0.5, 0.6) is 0 Å². The van der Waals surface area contributed by atoms with Gasteiger partial charge in [0, 0.05) is 18.8 Å². The Morgan fingerprint density at radius 1 is 1.57 bits per heavy atom. The third-order valence-electron chi connectivity index (χ3n) is 1.49. The smallest absolute Gasteiger partial charge is 0.212 e. The molecule has 0 unspecified atom stereocenters. The highest BCUT2D eigenvalue weighted by atomic mass is 35.5. The van der Waals surface area contributed by atoms with Crippen molar-refractivity contribution in [2.75, 3.05) is 18.2 Å². The van der Waals surface area contributed by atoms with E-state index in [0.717, 1.165) is 0 Å². The highest BCUT2D eigenvalue weighted by Gasteiger charge is 2.08. The summed E-state index contributed by atoms with van der Waals surface area (Å²) in [5.74, 6) is 0.682. The molecule has 0 radical (unpaired) electrons. The number of aromatic amines is 1. The van der Waals surface area contributed by atoms with Gasteiger partial charge in [0.25, 0.3) is 0 Å². The number of nitrogens with one attached hydrogen (secondary N) is 2. The van der Waals surface area contributed by atoms with Crippen LogP contribution >= 0.6 is 11.6 Å². The zero-order valence-corrected chi connectivity index (χ0v) is 8.98. The lowest BCUT2D eigenvalue weighted by atomic mass is 10.4. The molecule has 0 spiro atoms. The van der Waals surface area contributed by atoms with Crippen molar-refractivity contribution in [2.24, 2.45) is 0 Å². The molecule has 0 amide bonds. The first-order valence-corrected chi connectivity index (χ1v) is 6.20. The number of halogens is 1. The Bertz CT molecular complexity index is 350. The van der Waals surface area contributed by atoms with Crippen LogP contribution in [0.15, 0.2) is 6.33 Å². The van der Waals surface area contributed by atoms with E-state index in [9.17, 15) is 8.42 Å². The van der Waals surface area contributed by atoms with Crippen molar-refractivity contribution < 1.29 is 8.42 Å². The fourth-order valence-electron chi connectivity index (χ4n) is 0.850. The molecule has 0 atom stereocenters. The lowest BCUT2D eigenvalue weighted by Gasteiger charge is -2.02. The normalized spacial score (nSPS) is 11.8. The standard InChI is InChI=1S/C6H11ClN4O2S/c7-2-4-14(12,13)10-3-1-6-8-5-9-11-6/h5,10H,1-4H2,(H,8,9,11). The van der Waals surface area contributed by atoms with Gasteiger partial charge < -0.3 is 0 Å². The summed E-state index contributed by atoms with van der Waals surface area (Å²) in [7, 11) is -3.23. The molecule has 0 aliphatic rings. The van der Waals surface area contributed by atoms with Crippen molar-refractivity contribution in [3.05, 3.63) is 12.2 Å². The summed E-state index contributed by atoms with van der Waals surface area (Å²) in [4.78, 5) is 3.85. The van der Waals surface area contributed by atoms with E-state index in [1.807, 2.05) is 0 Å². The van der Waals surface area contributed by atoms with Crippen LogP contribution in [-0.2, 0) is 16.4 Å². The molecule has 14 heavy (non-hydrogen) atoms. The Balaban J connectivity index is 2.28. The summed E-state index contributed by atoms with van der Waals surface area (Å²) in [6.07, 6.45) is 1.87. The number of alkyl halides is 1. The Morgan fingerprint density at radius 2 is 2.36 bits per heavy atom. The van der Waals surface area contributed by atoms with Crippen molar-refractivity contribution in [2.45, 2.75) is 6.42 Å². The fraction of sp³-hybridized carbons (Fsp3) is 0.667. The summed E-state index contributed by atoms with van der Waals surface area (Å²) in [5.41, 5.74) is 0. The molecule has 0 bridgehead atoms. The molecule has 1 rings (SSSR count). The van der Waals surface area contributed by atoms with Crippen LogP contribution in [0.4, 0.5) is 0 Å². The van der Waals surface area contributed by atoms with Crippen LogP contribution < -0.4 is 4.72 Å². The van der Waals surface area contributed by atoms with Crippen LogP contribution in [-0.4, -0.2) is 41.8 Å². The number of sulfonamides is 1. The Labute approximate surface area is 87.1 Å². The predicted molar refractivity (Wildman–Crippen MR) is 52.6 cm³/mol. The monoisotopic (exact) mass is 238 g/mol.